The maximum absolute atomic E-state index is 2.32. The summed E-state index contributed by atoms with van der Waals surface area (Å²) < 4.78 is 0. The Hall–Kier alpha value is -5.08. The van der Waals surface area contributed by atoms with Gasteiger partial charge in [-0.2, -0.15) is 0 Å². The molecule has 2 nitrogen and oxygen atoms in total. The van der Waals surface area contributed by atoms with Crippen molar-refractivity contribution >= 4 is 34.1 Å². The molecule has 0 N–H and O–H groups in total. The average Bonchev–Trinajstić information content (AvgIpc) is 3.07. The molecular formula is C43H42N2. The summed E-state index contributed by atoms with van der Waals surface area (Å²) in [5.41, 5.74) is 12.0. The fourth-order valence-electron chi connectivity index (χ4n) is 5.77. The van der Waals surface area contributed by atoms with Crippen molar-refractivity contribution in [3.63, 3.8) is 0 Å². The van der Waals surface area contributed by atoms with Crippen LogP contribution in [0.1, 0.15) is 51.7 Å². The third-order valence-electron chi connectivity index (χ3n) is 8.42. The normalized spacial score (nSPS) is 11.4. The van der Waals surface area contributed by atoms with Crippen LogP contribution < -0.4 is 9.80 Å². The van der Waals surface area contributed by atoms with Gasteiger partial charge in [-0.05, 0) is 106 Å². The summed E-state index contributed by atoms with van der Waals surface area (Å²) in [6.07, 6.45) is 0. The zero-order valence-electron chi connectivity index (χ0n) is 27.0. The van der Waals surface area contributed by atoms with Crippen molar-refractivity contribution in [3.8, 4) is 11.1 Å². The van der Waals surface area contributed by atoms with E-state index in [9.17, 15) is 0 Å². The Bertz CT molecular complexity index is 1800. The summed E-state index contributed by atoms with van der Waals surface area (Å²) in [6, 6.07) is 56.9. The monoisotopic (exact) mass is 586 g/mol. The van der Waals surface area contributed by atoms with Crippen LogP contribution in [0, 0.1) is 0 Å². The summed E-state index contributed by atoms with van der Waals surface area (Å²) in [7, 11) is 0. The second kappa shape index (κ2) is 12.9. The van der Waals surface area contributed by atoms with E-state index in [4.69, 9.17) is 0 Å². The van der Waals surface area contributed by atoms with Crippen LogP contribution >= 0.6 is 0 Å². The van der Waals surface area contributed by atoms with E-state index >= 15 is 0 Å². The molecular weight excluding hydrogens is 544 g/mol. The number of nitrogens with zero attached hydrogens (tertiary/aromatic N) is 2. The van der Waals surface area contributed by atoms with Gasteiger partial charge in [-0.25, -0.2) is 0 Å². The van der Waals surface area contributed by atoms with Gasteiger partial charge < -0.3 is 9.80 Å². The van der Waals surface area contributed by atoms with E-state index < -0.39 is 0 Å². The van der Waals surface area contributed by atoms with Crippen LogP contribution in [0.4, 0.5) is 34.1 Å². The molecule has 6 aromatic carbocycles. The lowest BCUT2D eigenvalue weighted by atomic mass is 9.87. The van der Waals surface area contributed by atoms with E-state index in [0.29, 0.717) is 5.92 Å². The first kappa shape index (κ1) is 30.0. The van der Waals surface area contributed by atoms with Crippen molar-refractivity contribution in [1.82, 2.24) is 0 Å². The molecule has 45 heavy (non-hydrogen) atoms. The zero-order chi connectivity index (χ0) is 31.4. The Morgan fingerprint density at radius 2 is 0.689 bits per heavy atom. The number of para-hydroxylation sites is 2. The molecule has 0 heterocycles. The topological polar surface area (TPSA) is 6.48 Å². The first-order chi connectivity index (χ1) is 21.8. The van der Waals surface area contributed by atoms with Crippen LogP contribution in [0.2, 0.25) is 0 Å². The fourth-order valence-corrected chi connectivity index (χ4v) is 5.77. The highest BCUT2D eigenvalue weighted by atomic mass is 15.1. The summed E-state index contributed by atoms with van der Waals surface area (Å²) in [5.74, 6) is 0.503. The molecule has 6 aromatic rings. The number of benzene rings is 6. The van der Waals surface area contributed by atoms with Gasteiger partial charge in [-0.3, -0.25) is 0 Å². The van der Waals surface area contributed by atoms with Crippen molar-refractivity contribution < 1.29 is 0 Å². The molecule has 6 rings (SSSR count). The van der Waals surface area contributed by atoms with Gasteiger partial charge in [0.25, 0.3) is 0 Å². The highest BCUT2D eigenvalue weighted by Gasteiger charge is 2.17. The van der Waals surface area contributed by atoms with E-state index in [2.05, 4.69) is 202 Å². The lowest BCUT2D eigenvalue weighted by molar-refractivity contribution is 0.590. The molecule has 0 spiro atoms. The van der Waals surface area contributed by atoms with Gasteiger partial charge >= 0.3 is 0 Å². The molecule has 0 saturated heterocycles. The Labute approximate surface area is 269 Å². The van der Waals surface area contributed by atoms with Crippen molar-refractivity contribution in [2.75, 3.05) is 9.80 Å². The standard InChI is InChI=1S/C43H42N2/c1-32(2)33-16-24-39(25-17-33)44(37-12-8-6-9-13-37)40-26-18-34(19-27-40)35-20-28-41(29-21-35)45(38-14-10-7-11-15-38)42-30-22-36(23-31-42)43(3,4)5/h6-32H,1-5H3. The van der Waals surface area contributed by atoms with Gasteiger partial charge in [0.2, 0.25) is 0 Å². The van der Waals surface area contributed by atoms with Gasteiger partial charge in [0.15, 0.2) is 0 Å². The van der Waals surface area contributed by atoms with Gasteiger partial charge in [0.05, 0.1) is 0 Å². The lowest BCUT2D eigenvalue weighted by Gasteiger charge is -2.27. The highest BCUT2D eigenvalue weighted by molar-refractivity contribution is 5.80. The first-order valence-electron chi connectivity index (χ1n) is 15.9. The molecule has 0 amide bonds. The minimum Gasteiger partial charge on any atom is -0.311 e. The molecule has 0 fully saturated rings. The molecule has 0 bridgehead atoms. The van der Waals surface area contributed by atoms with Crippen LogP contribution in [-0.2, 0) is 5.41 Å². The van der Waals surface area contributed by atoms with Crippen molar-refractivity contribution in [2.24, 2.45) is 0 Å². The maximum atomic E-state index is 2.32. The molecule has 0 saturated carbocycles. The van der Waals surface area contributed by atoms with Crippen molar-refractivity contribution in [3.05, 3.63) is 169 Å². The van der Waals surface area contributed by atoms with Crippen molar-refractivity contribution in [2.45, 2.75) is 46.0 Å². The van der Waals surface area contributed by atoms with Gasteiger partial charge in [0.1, 0.15) is 0 Å². The van der Waals surface area contributed by atoms with Crippen LogP contribution in [0.15, 0.2) is 158 Å². The van der Waals surface area contributed by atoms with Crippen LogP contribution in [0.3, 0.4) is 0 Å². The molecule has 0 aliphatic carbocycles. The molecule has 0 atom stereocenters. The summed E-state index contributed by atoms with van der Waals surface area (Å²) in [4.78, 5) is 4.64. The minimum atomic E-state index is 0.115. The Morgan fingerprint density at radius 1 is 0.378 bits per heavy atom. The predicted octanol–water partition coefficient (Wildman–Crippen LogP) is 12.7. The number of hydrogen-bond donors (Lipinski definition) is 0. The SMILES string of the molecule is CC(C)c1ccc(N(c2ccccc2)c2ccc(-c3ccc(N(c4ccccc4)c4ccc(C(C)(C)C)cc4)cc3)cc2)cc1. The summed E-state index contributed by atoms with van der Waals surface area (Å²) >= 11 is 0. The largest absolute Gasteiger partial charge is 0.311 e. The molecule has 224 valence electrons. The lowest BCUT2D eigenvalue weighted by Crippen LogP contribution is -2.13. The van der Waals surface area contributed by atoms with Crippen LogP contribution in [-0.4, -0.2) is 0 Å². The van der Waals surface area contributed by atoms with E-state index in [-0.39, 0.29) is 5.41 Å². The zero-order valence-corrected chi connectivity index (χ0v) is 27.0. The average molecular weight is 587 g/mol. The van der Waals surface area contributed by atoms with Gasteiger partial charge in [-0.1, -0.05) is 120 Å². The smallest absolute Gasteiger partial charge is 0.0462 e. The predicted molar refractivity (Wildman–Crippen MR) is 194 cm³/mol. The summed E-state index contributed by atoms with van der Waals surface area (Å²) in [6.45, 7) is 11.2. The third-order valence-corrected chi connectivity index (χ3v) is 8.42. The Kier molecular flexibility index (Phi) is 8.58. The minimum absolute atomic E-state index is 0.115. The van der Waals surface area contributed by atoms with Gasteiger partial charge in [0, 0.05) is 34.1 Å². The quantitative estimate of drug-likeness (QED) is 0.175. The number of rotatable bonds is 8. The third kappa shape index (κ3) is 6.71. The fraction of sp³-hybridized carbons (Fsp3) is 0.163. The van der Waals surface area contributed by atoms with E-state index in [1.807, 2.05) is 0 Å². The maximum Gasteiger partial charge on any atom is 0.0462 e. The Balaban J connectivity index is 1.30. The second-order valence-corrected chi connectivity index (χ2v) is 13.0. The van der Waals surface area contributed by atoms with Crippen LogP contribution in [0.25, 0.3) is 11.1 Å². The van der Waals surface area contributed by atoms with E-state index in [0.717, 1.165) is 34.1 Å². The van der Waals surface area contributed by atoms with Crippen molar-refractivity contribution in [1.29, 1.82) is 0 Å². The Morgan fingerprint density at radius 3 is 1.02 bits per heavy atom. The van der Waals surface area contributed by atoms with Gasteiger partial charge in [-0.15, -0.1) is 0 Å². The molecule has 0 aliphatic heterocycles. The molecule has 0 unspecified atom stereocenters. The highest BCUT2D eigenvalue weighted by Crippen LogP contribution is 2.38. The molecule has 2 heteroatoms. The summed E-state index contributed by atoms with van der Waals surface area (Å²) in [5, 5.41) is 0. The second-order valence-electron chi connectivity index (χ2n) is 13.0. The van der Waals surface area contributed by atoms with E-state index in [1.54, 1.807) is 0 Å². The molecule has 0 aromatic heterocycles. The molecule has 0 aliphatic rings. The van der Waals surface area contributed by atoms with Crippen LogP contribution in [0.5, 0.6) is 0 Å². The van der Waals surface area contributed by atoms with E-state index in [1.165, 1.54) is 22.3 Å². The number of hydrogen-bond acceptors (Lipinski definition) is 2. The molecule has 0 radical (unpaired) electrons. The first-order valence-corrected chi connectivity index (χ1v) is 15.9. The number of anilines is 6.